The van der Waals surface area contributed by atoms with Crippen LogP contribution in [0.25, 0.3) is 0 Å². The van der Waals surface area contributed by atoms with E-state index in [4.69, 9.17) is 9.47 Å². The van der Waals surface area contributed by atoms with Gasteiger partial charge in [-0.05, 0) is 53.3 Å². The highest BCUT2D eigenvalue weighted by atomic mass is 35.5. The Balaban J connectivity index is 0.00000380. The molecule has 37 heavy (non-hydrogen) atoms. The van der Waals surface area contributed by atoms with Crippen LogP contribution in [0.2, 0.25) is 0 Å². The van der Waals surface area contributed by atoms with Crippen LogP contribution in [0, 0.1) is 0 Å². The third-order valence-electron chi connectivity index (χ3n) is 6.41. The van der Waals surface area contributed by atoms with Gasteiger partial charge in [0.05, 0.1) is 19.3 Å². The van der Waals surface area contributed by atoms with E-state index in [0.717, 1.165) is 11.1 Å². The third-order valence-corrected chi connectivity index (χ3v) is 6.41. The molecular formula is C29H33ClN2O5. The number of carbonyl (C=O) groups excluding carboxylic acids is 1. The van der Waals surface area contributed by atoms with Crippen molar-refractivity contribution in [2.24, 2.45) is 0 Å². The molecule has 0 aromatic heterocycles. The molecule has 2 atom stereocenters. The first-order valence-electron chi connectivity index (χ1n) is 12.1. The summed E-state index contributed by atoms with van der Waals surface area (Å²) in [5, 5.41) is 13.0. The van der Waals surface area contributed by atoms with Gasteiger partial charge in [-0.1, -0.05) is 62.4 Å². The molecule has 2 N–H and O–H groups in total. The molecule has 4 rings (SSSR count). The van der Waals surface area contributed by atoms with E-state index in [1.165, 1.54) is 5.56 Å². The number of nitrogens with one attached hydrogen (secondary N) is 1. The Hall–Kier alpha value is -3.55. The molecule has 0 saturated carbocycles. The zero-order valence-electron chi connectivity index (χ0n) is 21.2. The van der Waals surface area contributed by atoms with Crippen LogP contribution in [0.3, 0.4) is 0 Å². The Morgan fingerprint density at radius 3 is 2.32 bits per heavy atom. The molecule has 8 heteroatoms. The maximum Gasteiger partial charge on any atom is 0.321 e. The Bertz CT molecular complexity index is 1200. The summed E-state index contributed by atoms with van der Waals surface area (Å²) in [7, 11) is 1.58. The lowest BCUT2D eigenvalue weighted by atomic mass is 10.0. The van der Waals surface area contributed by atoms with Crippen molar-refractivity contribution in [3.63, 3.8) is 0 Å². The van der Waals surface area contributed by atoms with Gasteiger partial charge in [0.1, 0.15) is 30.2 Å². The van der Waals surface area contributed by atoms with Gasteiger partial charge in [0.25, 0.3) is 0 Å². The maximum atomic E-state index is 13.8. The first-order valence-corrected chi connectivity index (χ1v) is 12.1. The average molecular weight is 525 g/mol. The molecule has 1 aliphatic rings. The second-order valence-corrected chi connectivity index (χ2v) is 9.26. The van der Waals surface area contributed by atoms with Crippen LogP contribution >= 0.6 is 12.4 Å². The number of amides is 1. The normalized spacial score (nSPS) is 15.7. The van der Waals surface area contributed by atoms with Crippen LogP contribution in [0.15, 0.2) is 72.8 Å². The number of fused-ring (bicyclic) bond motifs is 1. The summed E-state index contributed by atoms with van der Waals surface area (Å²) in [4.78, 5) is 27.6. The lowest BCUT2D eigenvalue weighted by Crippen LogP contribution is -2.54. The Labute approximate surface area is 223 Å². The van der Waals surface area contributed by atoms with E-state index < -0.39 is 18.1 Å². The molecule has 1 aliphatic heterocycles. The fraction of sp³-hybridized carbons (Fsp3) is 0.310. The van der Waals surface area contributed by atoms with Gasteiger partial charge >= 0.3 is 5.97 Å². The first kappa shape index (κ1) is 28.0. The fourth-order valence-electron chi connectivity index (χ4n) is 4.28. The molecule has 3 aromatic carbocycles. The number of rotatable bonds is 9. The number of anilines is 1. The first-order chi connectivity index (χ1) is 17.4. The van der Waals surface area contributed by atoms with Crippen LogP contribution in [0.5, 0.6) is 11.5 Å². The minimum atomic E-state index is -1.03. The topological polar surface area (TPSA) is 88.1 Å². The van der Waals surface area contributed by atoms with Gasteiger partial charge in [0, 0.05) is 0 Å². The number of aliphatic carboxylic acids is 1. The van der Waals surface area contributed by atoms with E-state index >= 15 is 0 Å². The number of methoxy groups -OCH3 is 1. The predicted octanol–water partition coefficient (Wildman–Crippen LogP) is 4.82. The standard InChI is InChI=1S/C29H32N2O5.ClH/c1-19(2)22-12-8-21(9-13-22)17-31-26-6-4-5-7-27(26)36-18-25(28(31)32)30-24(29(33)34)16-20-10-14-23(35-3)15-11-20;/h4-15,19,24-25,30H,16-18H2,1-3H3,(H,33,34);1H/t24-,25-;/m0./s1. The van der Waals surface area contributed by atoms with Crippen molar-refractivity contribution in [2.75, 3.05) is 18.6 Å². The molecule has 7 nitrogen and oxygen atoms in total. The highest BCUT2D eigenvalue weighted by Crippen LogP contribution is 2.32. The van der Waals surface area contributed by atoms with Gasteiger partial charge in [-0.15, -0.1) is 12.4 Å². The largest absolute Gasteiger partial charge is 0.497 e. The van der Waals surface area contributed by atoms with E-state index in [-0.39, 0.29) is 31.3 Å². The molecule has 0 saturated heterocycles. The van der Waals surface area contributed by atoms with Crippen molar-refractivity contribution in [2.45, 2.75) is 44.8 Å². The average Bonchev–Trinajstić information content (AvgIpc) is 3.01. The number of ether oxygens (including phenoxy) is 2. The van der Waals surface area contributed by atoms with Crippen molar-refractivity contribution >= 4 is 30.0 Å². The molecule has 0 radical (unpaired) electrons. The highest BCUT2D eigenvalue weighted by Gasteiger charge is 2.34. The van der Waals surface area contributed by atoms with Crippen molar-refractivity contribution in [1.29, 1.82) is 0 Å². The number of nitrogens with zero attached hydrogens (tertiary/aromatic N) is 1. The van der Waals surface area contributed by atoms with Crippen molar-refractivity contribution in [3.8, 4) is 11.5 Å². The van der Waals surface area contributed by atoms with Gasteiger partial charge in [0.2, 0.25) is 5.91 Å². The van der Waals surface area contributed by atoms with E-state index in [1.54, 1.807) is 24.1 Å². The number of hydrogen-bond acceptors (Lipinski definition) is 5. The summed E-state index contributed by atoms with van der Waals surface area (Å²) in [6.07, 6.45) is 0.215. The van der Waals surface area contributed by atoms with Crippen LogP contribution < -0.4 is 19.7 Å². The zero-order chi connectivity index (χ0) is 25.7. The Kier molecular flexibility index (Phi) is 9.55. The molecule has 0 bridgehead atoms. The summed E-state index contributed by atoms with van der Waals surface area (Å²) in [5.41, 5.74) is 3.70. The summed E-state index contributed by atoms with van der Waals surface area (Å²) < 4.78 is 11.2. The number of hydrogen-bond donors (Lipinski definition) is 2. The monoisotopic (exact) mass is 524 g/mol. The third kappa shape index (κ3) is 6.81. The van der Waals surface area contributed by atoms with Crippen molar-refractivity contribution in [3.05, 3.63) is 89.5 Å². The zero-order valence-corrected chi connectivity index (χ0v) is 22.0. The summed E-state index contributed by atoms with van der Waals surface area (Å²) >= 11 is 0. The second kappa shape index (κ2) is 12.6. The van der Waals surface area contributed by atoms with Crippen molar-refractivity contribution in [1.82, 2.24) is 5.32 Å². The molecule has 3 aromatic rings. The van der Waals surface area contributed by atoms with Gasteiger partial charge in [-0.25, -0.2) is 0 Å². The summed E-state index contributed by atoms with van der Waals surface area (Å²) in [6, 6.07) is 21.0. The number of halogens is 1. The second-order valence-electron chi connectivity index (χ2n) is 9.26. The van der Waals surface area contributed by atoms with E-state index in [0.29, 0.717) is 29.6 Å². The Morgan fingerprint density at radius 2 is 1.70 bits per heavy atom. The maximum absolute atomic E-state index is 13.8. The van der Waals surface area contributed by atoms with Crippen molar-refractivity contribution < 1.29 is 24.2 Å². The smallest absolute Gasteiger partial charge is 0.321 e. The quantitative estimate of drug-likeness (QED) is 0.417. The van der Waals surface area contributed by atoms with Gasteiger partial charge < -0.3 is 19.5 Å². The SMILES string of the molecule is COc1ccc(C[C@H](N[C@H]2COc3ccccc3N(Cc3ccc(C(C)C)cc3)C2=O)C(=O)O)cc1.Cl. The van der Waals surface area contributed by atoms with Crippen LogP contribution in [-0.4, -0.2) is 42.8 Å². The van der Waals surface area contributed by atoms with Gasteiger partial charge in [-0.2, -0.15) is 0 Å². The van der Waals surface area contributed by atoms with E-state index in [9.17, 15) is 14.7 Å². The Morgan fingerprint density at radius 1 is 1.05 bits per heavy atom. The molecule has 1 amide bonds. The molecule has 1 heterocycles. The number of carbonyl (C=O) groups is 2. The molecule has 196 valence electrons. The number of carboxylic acids is 1. The van der Waals surface area contributed by atoms with Crippen LogP contribution in [0.4, 0.5) is 5.69 Å². The summed E-state index contributed by atoms with van der Waals surface area (Å²) in [5.74, 6) is 0.446. The predicted molar refractivity (Wildman–Crippen MR) is 146 cm³/mol. The lowest BCUT2D eigenvalue weighted by Gasteiger charge is -2.27. The van der Waals surface area contributed by atoms with E-state index in [1.807, 2.05) is 48.5 Å². The minimum absolute atomic E-state index is 0. The van der Waals surface area contributed by atoms with Crippen LogP contribution in [-0.2, 0) is 22.6 Å². The highest BCUT2D eigenvalue weighted by molar-refractivity contribution is 5.99. The lowest BCUT2D eigenvalue weighted by molar-refractivity contribution is -0.140. The fourth-order valence-corrected chi connectivity index (χ4v) is 4.28. The molecule has 0 spiro atoms. The van der Waals surface area contributed by atoms with Crippen LogP contribution in [0.1, 0.15) is 36.5 Å². The number of para-hydroxylation sites is 2. The molecule has 0 unspecified atom stereocenters. The van der Waals surface area contributed by atoms with Gasteiger partial charge in [-0.3, -0.25) is 14.9 Å². The van der Waals surface area contributed by atoms with Gasteiger partial charge in [0.15, 0.2) is 0 Å². The molecule has 0 fully saturated rings. The number of carboxylic acid groups (broad SMARTS) is 1. The molecular weight excluding hydrogens is 492 g/mol. The number of benzene rings is 3. The minimum Gasteiger partial charge on any atom is -0.497 e. The van der Waals surface area contributed by atoms with E-state index in [2.05, 4.69) is 31.3 Å². The molecule has 0 aliphatic carbocycles. The summed E-state index contributed by atoms with van der Waals surface area (Å²) in [6.45, 7) is 4.67.